The number of anilines is 2. The summed E-state index contributed by atoms with van der Waals surface area (Å²) in [7, 11) is 0. The molecule has 5 rings (SSSR count). The summed E-state index contributed by atoms with van der Waals surface area (Å²) < 4.78 is 1.71. The van der Waals surface area contributed by atoms with Gasteiger partial charge in [-0.2, -0.15) is 4.98 Å². The summed E-state index contributed by atoms with van der Waals surface area (Å²) in [5.41, 5.74) is 3.81. The summed E-state index contributed by atoms with van der Waals surface area (Å²) in [6, 6.07) is 4.10. The lowest BCUT2D eigenvalue weighted by Crippen LogP contribution is -2.50. The summed E-state index contributed by atoms with van der Waals surface area (Å²) in [4.78, 5) is 54.7. The fraction of sp³-hybridized carbons (Fsp3) is 0.562. The number of nitrogens with zero attached hydrogens (tertiary/aromatic N) is 5. The van der Waals surface area contributed by atoms with Gasteiger partial charge in [0.25, 0.3) is 5.56 Å². The van der Waals surface area contributed by atoms with Crippen LogP contribution in [0.25, 0.3) is 11.0 Å². The van der Waals surface area contributed by atoms with Crippen molar-refractivity contribution in [1.29, 1.82) is 0 Å². The molecule has 2 unspecified atom stereocenters. The third kappa shape index (κ3) is 6.67. The maximum Gasteiger partial charge on any atom is 0.263 e. The molecule has 1 aliphatic heterocycles. The van der Waals surface area contributed by atoms with Crippen molar-refractivity contribution in [3.63, 3.8) is 0 Å². The maximum atomic E-state index is 13.6. The molecule has 4 heterocycles. The lowest BCUT2D eigenvalue weighted by molar-refractivity contribution is -0.129. The summed E-state index contributed by atoms with van der Waals surface area (Å²) >= 11 is 0. The summed E-state index contributed by atoms with van der Waals surface area (Å²) in [5, 5.41) is 16.6. The number of unbranched alkanes of at least 4 members (excludes halogenated alkanes) is 1. The minimum Gasteiger partial charge on any atom is -0.314 e. The minimum atomic E-state index is -0.378. The molecular weight excluding hydrogens is 560 g/mol. The van der Waals surface area contributed by atoms with Gasteiger partial charge in [0, 0.05) is 61.5 Å². The second-order valence-electron chi connectivity index (χ2n) is 12.0. The van der Waals surface area contributed by atoms with Gasteiger partial charge in [-0.25, -0.2) is 15.4 Å². The number of piperazine rings is 1. The van der Waals surface area contributed by atoms with E-state index in [0.717, 1.165) is 63.6 Å². The molecule has 0 aromatic carbocycles. The molecule has 2 fully saturated rings. The van der Waals surface area contributed by atoms with Gasteiger partial charge < -0.3 is 10.6 Å². The van der Waals surface area contributed by atoms with Crippen molar-refractivity contribution >= 4 is 34.5 Å². The van der Waals surface area contributed by atoms with E-state index in [1.54, 1.807) is 29.4 Å². The highest BCUT2D eigenvalue weighted by molar-refractivity contribution is 5.99. The van der Waals surface area contributed by atoms with Gasteiger partial charge in [0.2, 0.25) is 11.9 Å². The quantitative estimate of drug-likeness (QED) is 0.133. The van der Waals surface area contributed by atoms with Gasteiger partial charge in [0.15, 0.2) is 5.78 Å². The molecule has 0 spiro atoms. The molecule has 1 aliphatic carbocycles. The number of ketones is 1. The van der Waals surface area contributed by atoms with Crippen LogP contribution in [-0.2, 0) is 4.79 Å². The first-order valence-electron chi connectivity index (χ1n) is 15.9. The SMILES string of the molecule is CCCCC(CCC(=O)NO)N1CCNCC1c1cccnc1Nc1ncc2c(C)c(C(C)=O)c(=O)n(C3CCCC3)c2n1. The molecule has 3 aromatic heterocycles. The van der Waals surface area contributed by atoms with Crippen molar-refractivity contribution in [2.75, 3.05) is 25.0 Å². The Morgan fingerprint density at radius 1 is 1.20 bits per heavy atom. The second-order valence-corrected chi connectivity index (χ2v) is 12.0. The Labute approximate surface area is 257 Å². The Hall–Kier alpha value is -3.74. The van der Waals surface area contributed by atoms with Crippen molar-refractivity contribution in [1.82, 2.24) is 35.2 Å². The topological polar surface area (TPSA) is 154 Å². The van der Waals surface area contributed by atoms with Gasteiger partial charge in [-0.1, -0.05) is 38.7 Å². The number of amides is 1. The fourth-order valence-corrected chi connectivity index (χ4v) is 6.92. The Balaban J connectivity index is 1.51. The van der Waals surface area contributed by atoms with E-state index in [0.29, 0.717) is 41.3 Å². The number of carbonyl (C=O) groups excluding carboxylic acids is 2. The first kappa shape index (κ1) is 31.7. The second kappa shape index (κ2) is 14.4. The van der Waals surface area contributed by atoms with Crippen LogP contribution in [0.4, 0.5) is 11.8 Å². The predicted octanol–water partition coefficient (Wildman–Crippen LogP) is 4.35. The van der Waals surface area contributed by atoms with Crippen molar-refractivity contribution in [3.05, 3.63) is 51.6 Å². The van der Waals surface area contributed by atoms with Gasteiger partial charge >= 0.3 is 0 Å². The van der Waals surface area contributed by atoms with E-state index in [4.69, 9.17) is 10.2 Å². The maximum absolute atomic E-state index is 13.6. The summed E-state index contributed by atoms with van der Waals surface area (Å²) in [6.45, 7) is 7.74. The molecule has 2 atom stereocenters. The highest BCUT2D eigenvalue weighted by Crippen LogP contribution is 2.34. The number of hydrogen-bond donors (Lipinski definition) is 4. The average molecular weight is 605 g/mol. The van der Waals surface area contributed by atoms with Crippen LogP contribution in [0.1, 0.15) is 105 Å². The van der Waals surface area contributed by atoms with Gasteiger partial charge in [0.1, 0.15) is 11.5 Å². The standard InChI is InChI=1S/C32H44N8O4/c1-4-5-9-22(13-14-27(42)38-44)39-17-16-33-19-26(39)24-12-8-15-34-29(24)36-32-35-18-25-20(2)28(21(3)41)31(43)40(30(25)37-32)23-10-6-7-11-23/h8,12,15,18,22-23,26,33,44H,4-7,9-11,13-14,16-17,19H2,1-3H3,(H,38,42)(H,34,35,36,37). The van der Waals surface area contributed by atoms with E-state index in [2.05, 4.69) is 38.5 Å². The fourth-order valence-electron chi connectivity index (χ4n) is 6.92. The zero-order chi connectivity index (χ0) is 31.2. The molecule has 12 nitrogen and oxygen atoms in total. The number of aryl methyl sites for hydroxylation is 1. The Morgan fingerprint density at radius 2 is 2.00 bits per heavy atom. The number of Topliss-reactive ketones (excluding diaryl/α,β-unsaturated/α-hetero) is 1. The Morgan fingerprint density at radius 3 is 2.73 bits per heavy atom. The van der Waals surface area contributed by atoms with E-state index in [-0.39, 0.29) is 47.4 Å². The van der Waals surface area contributed by atoms with E-state index in [1.165, 1.54) is 6.92 Å². The summed E-state index contributed by atoms with van der Waals surface area (Å²) in [5.74, 6) is 0.328. The zero-order valence-electron chi connectivity index (χ0n) is 25.9. The molecule has 1 amide bonds. The van der Waals surface area contributed by atoms with Gasteiger partial charge in [-0.05, 0) is 51.2 Å². The average Bonchev–Trinajstić information content (AvgIpc) is 3.56. The number of fused-ring (bicyclic) bond motifs is 1. The van der Waals surface area contributed by atoms with Crippen LogP contribution in [0, 0.1) is 6.92 Å². The number of hydrogen-bond acceptors (Lipinski definition) is 10. The number of aromatic nitrogens is 4. The molecule has 3 aromatic rings. The molecule has 0 radical (unpaired) electrons. The van der Waals surface area contributed by atoms with E-state index >= 15 is 0 Å². The lowest BCUT2D eigenvalue weighted by Gasteiger charge is -2.42. The molecular formula is C32H44N8O4. The minimum absolute atomic E-state index is 0.00768. The third-order valence-corrected chi connectivity index (χ3v) is 9.15. The smallest absolute Gasteiger partial charge is 0.263 e. The van der Waals surface area contributed by atoms with Crippen LogP contribution >= 0.6 is 0 Å². The van der Waals surface area contributed by atoms with Crippen molar-refractivity contribution in [2.24, 2.45) is 0 Å². The van der Waals surface area contributed by atoms with Gasteiger partial charge in [-0.15, -0.1) is 0 Å². The molecule has 0 bridgehead atoms. The number of hydroxylamine groups is 1. The van der Waals surface area contributed by atoms with Crippen molar-refractivity contribution < 1.29 is 14.8 Å². The molecule has 4 N–H and O–H groups in total. The lowest BCUT2D eigenvalue weighted by atomic mass is 9.96. The number of rotatable bonds is 12. The largest absolute Gasteiger partial charge is 0.314 e. The van der Waals surface area contributed by atoms with E-state index < -0.39 is 0 Å². The van der Waals surface area contributed by atoms with Crippen LogP contribution in [0.2, 0.25) is 0 Å². The highest BCUT2D eigenvalue weighted by atomic mass is 16.5. The van der Waals surface area contributed by atoms with E-state index in [1.807, 2.05) is 6.07 Å². The predicted molar refractivity (Wildman–Crippen MR) is 168 cm³/mol. The Bertz CT molecular complexity index is 1550. The zero-order valence-corrected chi connectivity index (χ0v) is 25.9. The van der Waals surface area contributed by atoms with E-state index in [9.17, 15) is 14.4 Å². The highest BCUT2D eigenvalue weighted by Gasteiger charge is 2.32. The molecule has 236 valence electrons. The van der Waals surface area contributed by atoms with Crippen LogP contribution in [-0.4, -0.2) is 67.0 Å². The van der Waals surface area contributed by atoms with Crippen molar-refractivity contribution in [2.45, 2.75) is 96.7 Å². The van der Waals surface area contributed by atoms with Crippen LogP contribution in [0.5, 0.6) is 0 Å². The van der Waals surface area contributed by atoms with Gasteiger partial charge in [0.05, 0.1) is 11.6 Å². The number of pyridine rings is 2. The molecule has 44 heavy (non-hydrogen) atoms. The monoisotopic (exact) mass is 604 g/mol. The van der Waals surface area contributed by atoms with Crippen LogP contribution in [0.3, 0.4) is 0 Å². The molecule has 2 aliphatic rings. The van der Waals surface area contributed by atoms with Gasteiger partial charge in [-0.3, -0.25) is 29.1 Å². The molecule has 1 saturated carbocycles. The Kier molecular flexibility index (Phi) is 10.3. The first-order valence-corrected chi connectivity index (χ1v) is 15.9. The van der Waals surface area contributed by atoms with Crippen LogP contribution < -0.4 is 21.7 Å². The first-order chi connectivity index (χ1) is 21.3. The summed E-state index contributed by atoms with van der Waals surface area (Å²) in [6.07, 6.45) is 11.2. The molecule has 1 saturated heterocycles. The molecule has 12 heteroatoms. The third-order valence-electron chi connectivity index (χ3n) is 9.15. The van der Waals surface area contributed by atoms with Crippen molar-refractivity contribution in [3.8, 4) is 0 Å². The number of carbonyl (C=O) groups is 2. The normalized spacial score (nSPS) is 18.4. The van der Waals surface area contributed by atoms with Crippen LogP contribution in [0.15, 0.2) is 29.3 Å². The number of nitrogens with one attached hydrogen (secondary N) is 3.